The summed E-state index contributed by atoms with van der Waals surface area (Å²) in [7, 11) is 2.94. The molecule has 3 rings (SSSR count). The minimum atomic E-state index is -0.782. The molecule has 3 aromatic rings. The number of halogens is 1. The van der Waals surface area contributed by atoms with E-state index in [9.17, 15) is 24.1 Å². The molecule has 0 saturated heterocycles. The van der Waals surface area contributed by atoms with Crippen molar-refractivity contribution < 1.29 is 23.6 Å². The molecule has 0 spiro atoms. The number of carbonyl (C=O) groups is 1. The van der Waals surface area contributed by atoms with Gasteiger partial charge in [0.25, 0.3) is 11.2 Å². The van der Waals surface area contributed by atoms with Crippen molar-refractivity contribution in [2.24, 2.45) is 0 Å². The van der Waals surface area contributed by atoms with E-state index < -0.39 is 22.3 Å². The van der Waals surface area contributed by atoms with Crippen molar-refractivity contribution >= 4 is 28.2 Å². The lowest BCUT2D eigenvalue weighted by atomic mass is 10.2. The van der Waals surface area contributed by atoms with Crippen LogP contribution in [0.3, 0.4) is 0 Å². The number of aromatic amines is 1. The predicted molar refractivity (Wildman–Crippen MR) is 118 cm³/mol. The first-order chi connectivity index (χ1) is 15.7. The summed E-state index contributed by atoms with van der Waals surface area (Å²) in [5.74, 6) is -0.188. The maximum atomic E-state index is 13.3. The number of hydrogen-bond acceptors (Lipinski definition) is 8. The molecule has 0 aliphatic carbocycles. The molecular formula is C21H22FN5O6. The Bertz CT molecular complexity index is 1260. The molecule has 0 radical (unpaired) electrons. The lowest BCUT2D eigenvalue weighted by molar-refractivity contribution is -0.384. The van der Waals surface area contributed by atoms with Crippen molar-refractivity contribution in [3.8, 4) is 11.5 Å². The van der Waals surface area contributed by atoms with Crippen LogP contribution in [0.25, 0.3) is 10.9 Å². The monoisotopic (exact) mass is 459 g/mol. The first-order valence-electron chi connectivity index (χ1n) is 9.86. The number of methoxy groups -OCH3 is 2. The van der Waals surface area contributed by atoms with Gasteiger partial charge in [0.1, 0.15) is 17.3 Å². The largest absolute Gasteiger partial charge is 0.493 e. The maximum absolute atomic E-state index is 13.3. The second-order valence-electron chi connectivity index (χ2n) is 7.01. The molecule has 0 bridgehead atoms. The van der Waals surface area contributed by atoms with Gasteiger partial charge in [-0.1, -0.05) is 6.92 Å². The zero-order chi connectivity index (χ0) is 24.1. The number of carbonyl (C=O) groups excluding carboxylic acids is 1. The number of fused-ring (bicyclic) bond motifs is 1. The van der Waals surface area contributed by atoms with Crippen molar-refractivity contribution in [3.63, 3.8) is 0 Å². The number of rotatable bonds is 9. The SMILES string of the molecule is CCN(CC(=O)Nc1ccc(F)cc1[N+](=O)[O-])Cc1nc2cc(OC)c(OC)cc2c(=O)[nH]1. The first kappa shape index (κ1) is 23.6. The van der Waals surface area contributed by atoms with Crippen LogP contribution in [-0.4, -0.2) is 53.0 Å². The van der Waals surface area contributed by atoms with E-state index in [4.69, 9.17) is 9.47 Å². The summed E-state index contributed by atoms with van der Waals surface area (Å²) < 4.78 is 23.8. The Kier molecular flexibility index (Phi) is 7.18. The molecule has 0 fully saturated rings. The summed E-state index contributed by atoms with van der Waals surface area (Å²) in [6, 6.07) is 6.01. The number of nitrogens with one attached hydrogen (secondary N) is 2. The Hall–Kier alpha value is -4.06. The predicted octanol–water partition coefficient (Wildman–Crippen LogP) is 2.45. The molecule has 0 aliphatic heterocycles. The summed E-state index contributed by atoms with van der Waals surface area (Å²) in [6.07, 6.45) is 0. The average Bonchev–Trinajstić information content (AvgIpc) is 2.78. The fourth-order valence-corrected chi connectivity index (χ4v) is 3.23. The highest BCUT2D eigenvalue weighted by Crippen LogP contribution is 2.30. The molecule has 33 heavy (non-hydrogen) atoms. The lowest BCUT2D eigenvalue weighted by Gasteiger charge is -2.19. The molecule has 1 amide bonds. The number of benzene rings is 2. The van der Waals surface area contributed by atoms with Crippen LogP contribution >= 0.6 is 0 Å². The highest BCUT2D eigenvalue weighted by atomic mass is 19.1. The molecule has 11 nitrogen and oxygen atoms in total. The minimum absolute atomic E-state index is 0.110. The smallest absolute Gasteiger partial charge is 0.295 e. The highest BCUT2D eigenvalue weighted by molar-refractivity contribution is 5.94. The van der Waals surface area contributed by atoms with Crippen molar-refractivity contribution in [3.05, 3.63) is 62.4 Å². The Morgan fingerprint density at radius 1 is 1.24 bits per heavy atom. The van der Waals surface area contributed by atoms with Crippen LogP contribution in [0.4, 0.5) is 15.8 Å². The Morgan fingerprint density at radius 3 is 2.58 bits per heavy atom. The average molecular weight is 459 g/mol. The Morgan fingerprint density at radius 2 is 1.94 bits per heavy atom. The zero-order valence-electron chi connectivity index (χ0n) is 18.2. The van der Waals surface area contributed by atoms with E-state index in [2.05, 4.69) is 15.3 Å². The molecule has 174 valence electrons. The van der Waals surface area contributed by atoms with Gasteiger partial charge in [-0.05, 0) is 24.7 Å². The molecule has 0 atom stereocenters. The number of aromatic nitrogens is 2. The van der Waals surface area contributed by atoms with Crippen LogP contribution in [0.1, 0.15) is 12.7 Å². The van der Waals surface area contributed by atoms with E-state index in [1.165, 1.54) is 20.3 Å². The van der Waals surface area contributed by atoms with Gasteiger partial charge in [0.05, 0.1) is 49.2 Å². The highest BCUT2D eigenvalue weighted by Gasteiger charge is 2.19. The third-order valence-corrected chi connectivity index (χ3v) is 4.88. The molecule has 0 unspecified atom stereocenters. The topological polar surface area (TPSA) is 140 Å². The lowest BCUT2D eigenvalue weighted by Crippen LogP contribution is -2.34. The fraction of sp³-hybridized carbons (Fsp3) is 0.286. The van der Waals surface area contributed by atoms with Crippen molar-refractivity contribution in [1.29, 1.82) is 0 Å². The third kappa shape index (κ3) is 5.41. The number of nitrogens with zero attached hydrogens (tertiary/aromatic N) is 3. The van der Waals surface area contributed by atoms with Gasteiger partial charge < -0.3 is 19.8 Å². The molecule has 2 aromatic carbocycles. The standard InChI is InChI=1S/C21H22FN5O6/c1-4-26(11-20(28)24-14-6-5-12(22)7-16(14)27(30)31)10-19-23-15-9-18(33-3)17(32-2)8-13(15)21(29)25-19/h5-9H,4,10-11H2,1-3H3,(H,24,28)(H,23,25,29). The van der Waals surface area contributed by atoms with Gasteiger partial charge in [0.2, 0.25) is 5.91 Å². The van der Waals surface area contributed by atoms with Crippen molar-refractivity contribution in [2.75, 3.05) is 32.6 Å². The minimum Gasteiger partial charge on any atom is -0.493 e. The maximum Gasteiger partial charge on any atom is 0.295 e. The number of H-pyrrole nitrogens is 1. The van der Waals surface area contributed by atoms with Crippen LogP contribution in [0.15, 0.2) is 35.1 Å². The third-order valence-electron chi connectivity index (χ3n) is 4.88. The van der Waals surface area contributed by atoms with Crippen LogP contribution in [0.2, 0.25) is 0 Å². The summed E-state index contributed by atoms with van der Waals surface area (Å²) >= 11 is 0. The number of ether oxygens (including phenoxy) is 2. The molecule has 0 aliphatic rings. The fourth-order valence-electron chi connectivity index (χ4n) is 3.23. The zero-order valence-corrected chi connectivity index (χ0v) is 18.2. The molecule has 12 heteroatoms. The van der Waals surface area contributed by atoms with E-state index in [1.54, 1.807) is 17.9 Å². The molecule has 2 N–H and O–H groups in total. The quantitative estimate of drug-likeness (QED) is 0.367. The van der Waals surface area contributed by atoms with Crippen LogP contribution < -0.4 is 20.3 Å². The number of nitro groups is 1. The number of nitro benzene ring substituents is 1. The van der Waals surface area contributed by atoms with Gasteiger partial charge in [-0.15, -0.1) is 0 Å². The number of hydrogen-bond donors (Lipinski definition) is 2. The van der Waals surface area contributed by atoms with Crippen molar-refractivity contribution in [2.45, 2.75) is 13.5 Å². The van der Waals surface area contributed by atoms with Gasteiger partial charge >= 0.3 is 0 Å². The van der Waals surface area contributed by atoms with Gasteiger partial charge in [0.15, 0.2) is 11.5 Å². The van der Waals surface area contributed by atoms with Gasteiger partial charge in [-0.3, -0.25) is 24.6 Å². The van der Waals surface area contributed by atoms with Gasteiger partial charge in [-0.25, -0.2) is 9.37 Å². The van der Waals surface area contributed by atoms with Crippen molar-refractivity contribution in [1.82, 2.24) is 14.9 Å². The van der Waals surface area contributed by atoms with E-state index in [1.807, 2.05) is 0 Å². The second kappa shape index (κ2) is 10.0. The number of anilines is 1. The van der Waals surface area contributed by atoms with Crippen LogP contribution in [0, 0.1) is 15.9 Å². The first-order valence-corrected chi connectivity index (χ1v) is 9.86. The van der Waals surface area contributed by atoms with Gasteiger partial charge in [0, 0.05) is 6.07 Å². The second-order valence-corrected chi connectivity index (χ2v) is 7.01. The molecule has 0 saturated carbocycles. The summed E-state index contributed by atoms with van der Waals surface area (Å²) in [5.41, 5.74) is -0.635. The summed E-state index contributed by atoms with van der Waals surface area (Å²) in [5, 5.41) is 13.9. The van der Waals surface area contributed by atoms with E-state index in [-0.39, 0.29) is 24.3 Å². The summed E-state index contributed by atoms with van der Waals surface area (Å²) in [4.78, 5) is 44.2. The van der Waals surface area contributed by atoms with Crippen LogP contribution in [-0.2, 0) is 11.3 Å². The number of amides is 1. The van der Waals surface area contributed by atoms with Gasteiger partial charge in [-0.2, -0.15) is 0 Å². The van der Waals surface area contributed by atoms with Crippen LogP contribution in [0.5, 0.6) is 11.5 Å². The normalized spacial score (nSPS) is 10.9. The molecular weight excluding hydrogens is 437 g/mol. The van der Waals surface area contributed by atoms with E-state index >= 15 is 0 Å². The Labute approximate surface area is 187 Å². The summed E-state index contributed by atoms with van der Waals surface area (Å²) in [6.45, 7) is 2.22. The molecule has 1 heterocycles. The Balaban J connectivity index is 1.79. The van der Waals surface area contributed by atoms with E-state index in [0.29, 0.717) is 34.8 Å². The van der Waals surface area contributed by atoms with E-state index in [0.717, 1.165) is 18.2 Å². The number of likely N-dealkylation sites (N-methyl/N-ethyl adjacent to an activating group) is 1. The molecule has 1 aromatic heterocycles.